The number of rotatable bonds is 5. The highest BCUT2D eigenvalue weighted by Crippen LogP contribution is 2.25. The molecular formula is C12H18N4. The molecule has 0 saturated carbocycles. The molecule has 4 heteroatoms. The van der Waals surface area contributed by atoms with E-state index in [4.69, 9.17) is 22.5 Å². The van der Waals surface area contributed by atoms with Crippen LogP contribution >= 0.6 is 0 Å². The van der Waals surface area contributed by atoms with E-state index in [-0.39, 0.29) is 0 Å². The number of nitrogens with two attached hydrogens (primary N) is 3. The van der Waals surface area contributed by atoms with Crippen LogP contribution in [0, 0.1) is 11.3 Å². The monoisotopic (exact) mass is 218 g/mol. The summed E-state index contributed by atoms with van der Waals surface area (Å²) in [7, 11) is 0. The van der Waals surface area contributed by atoms with Crippen molar-refractivity contribution in [2.45, 2.75) is 18.4 Å². The fraction of sp³-hybridized carbons (Fsp3) is 0.417. The van der Waals surface area contributed by atoms with E-state index in [1.165, 1.54) is 0 Å². The Kier molecular flexibility index (Phi) is 4.44. The van der Waals surface area contributed by atoms with Gasteiger partial charge in [0.2, 0.25) is 0 Å². The minimum atomic E-state index is -0.475. The maximum atomic E-state index is 8.72. The van der Waals surface area contributed by atoms with Gasteiger partial charge in [-0.15, -0.1) is 0 Å². The zero-order valence-electron chi connectivity index (χ0n) is 9.32. The Bertz CT molecular complexity index is 358. The van der Waals surface area contributed by atoms with Gasteiger partial charge in [0, 0.05) is 5.54 Å². The molecule has 0 amide bonds. The molecule has 86 valence electrons. The zero-order valence-corrected chi connectivity index (χ0v) is 9.32. The van der Waals surface area contributed by atoms with Crippen molar-refractivity contribution in [3.8, 4) is 6.07 Å². The van der Waals surface area contributed by atoms with Crippen LogP contribution in [0.15, 0.2) is 24.3 Å². The molecule has 0 radical (unpaired) electrons. The quantitative estimate of drug-likeness (QED) is 0.666. The molecule has 6 N–H and O–H groups in total. The number of nitriles is 1. The van der Waals surface area contributed by atoms with Gasteiger partial charge in [0.25, 0.3) is 0 Å². The lowest BCUT2D eigenvalue weighted by Gasteiger charge is -2.29. The van der Waals surface area contributed by atoms with Crippen LogP contribution in [0.3, 0.4) is 0 Å². The van der Waals surface area contributed by atoms with Crippen LogP contribution in [0.5, 0.6) is 0 Å². The first kappa shape index (κ1) is 12.7. The molecule has 0 atom stereocenters. The average Bonchev–Trinajstić information content (AvgIpc) is 2.30. The second-order valence-corrected chi connectivity index (χ2v) is 3.92. The molecule has 0 unspecified atom stereocenters. The van der Waals surface area contributed by atoms with Crippen LogP contribution in [0.25, 0.3) is 0 Å². The fourth-order valence-electron chi connectivity index (χ4n) is 1.81. The minimum Gasteiger partial charge on any atom is -0.330 e. The summed E-state index contributed by atoms with van der Waals surface area (Å²) < 4.78 is 0. The minimum absolute atomic E-state index is 0.475. The molecule has 1 rings (SSSR count). The van der Waals surface area contributed by atoms with Gasteiger partial charge in [-0.05, 0) is 43.6 Å². The summed E-state index contributed by atoms with van der Waals surface area (Å²) in [6, 6.07) is 9.37. The molecule has 0 aromatic heterocycles. The topological polar surface area (TPSA) is 102 Å². The van der Waals surface area contributed by atoms with E-state index in [1.54, 1.807) is 12.1 Å². The van der Waals surface area contributed by atoms with Crippen molar-refractivity contribution in [2.75, 3.05) is 13.1 Å². The Hall–Kier alpha value is -1.41. The van der Waals surface area contributed by atoms with E-state index in [0.717, 1.165) is 5.56 Å². The molecule has 0 fully saturated rings. The molecule has 1 aromatic rings. The maximum absolute atomic E-state index is 8.72. The number of hydrogen-bond donors (Lipinski definition) is 3. The van der Waals surface area contributed by atoms with Gasteiger partial charge in [0.15, 0.2) is 0 Å². The Morgan fingerprint density at radius 1 is 1.06 bits per heavy atom. The van der Waals surface area contributed by atoms with E-state index >= 15 is 0 Å². The SMILES string of the molecule is N#Cc1ccc(C(N)(CCN)CCN)cc1. The van der Waals surface area contributed by atoms with Crippen molar-refractivity contribution in [1.82, 2.24) is 0 Å². The lowest BCUT2D eigenvalue weighted by Crippen LogP contribution is -2.40. The van der Waals surface area contributed by atoms with Crippen molar-refractivity contribution in [3.63, 3.8) is 0 Å². The summed E-state index contributed by atoms with van der Waals surface area (Å²) in [6.07, 6.45) is 1.38. The van der Waals surface area contributed by atoms with Gasteiger partial charge < -0.3 is 17.2 Å². The van der Waals surface area contributed by atoms with Crippen LogP contribution in [-0.4, -0.2) is 13.1 Å². The zero-order chi connectivity index (χ0) is 12.0. The van der Waals surface area contributed by atoms with Gasteiger partial charge in [-0.1, -0.05) is 12.1 Å². The Morgan fingerprint density at radius 2 is 1.56 bits per heavy atom. The predicted octanol–water partition coefficient (Wildman–Crippen LogP) is 0.410. The molecule has 0 aliphatic carbocycles. The first-order chi connectivity index (χ1) is 7.66. The fourth-order valence-corrected chi connectivity index (χ4v) is 1.81. The predicted molar refractivity (Wildman–Crippen MR) is 64.4 cm³/mol. The summed E-state index contributed by atoms with van der Waals surface area (Å²) in [5.74, 6) is 0. The number of benzene rings is 1. The van der Waals surface area contributed by atoms with Crippen LogP contribution in [0.1, 0.15) is 24.0 Å². The Labute approximate surface area is 96.0 Å². The Morgan fingerprint density at radius 3 is 1.94 bits per heavy atom. The molecule has 16 heavy (non-hydrogen) atoms. The molecule has 0 heterocycles. The molecule has 0 aliphatic heterocycles. The van der Waals surface area contributed by atoms with Crippen molar-refractivity contribution < 1.29 is 0 Å². The molecular weight excluding hydrogens is 200 g/mol. The van der Waals surface area contributed by atoms with Crippen LogP contribution in [0.2, 0.25) is 0 Å². The van der Waals surface area contributed by atoms with Gasteiger partial charge >= 0.3 is 0 Å². The molecule has 1 aromatic carbocycles. The summed E-state index contributed by atoms with van der Waals surface area (Å²) in [4.78, 5) is 0. The third-order valence-electron chi connectivity index (χ3n) is 2.77. The highest BCUT2D eigenvalue weighted by molar-refractivity contribution is 5.34. The second kappa shape index (κ2) is 5.61. The smallest absolute Gasteiger partial charge is 0.0991 e. The summed E-state index contributed by atoms with van der Waals surface area (Å²) >= 11 is 0. The van der Waals surface area contributed by atoms with E-state index in [0.29, 0.717) is 31.5 Å². The molecule has 0 aliphatic rings. The summed E-state index contributed by atoms with van der Waals surface area (Å²) in [5.41, 5.74) is 18.6. The lowest BCUT2D eigenvalue weighted by molar-refractivity contribution is 0.389. The van der Waals surface area contributed by atoms with Crippen molar-refractivity contribution >= 4 is 0 Å². The standard InChI is InChI=1S/C12H18N4/c13-7-5-12(16,6-8-14)11-3-1-10(9-15)2-4-11/h1-4H,5-8,13-14,16H2. The van der Waals surface area contributed by atoms with Crippen LogP contribution < -0.4 is 17.2 Å². The lowest BCUT2D eigenvalue weighted by atomic mass is 9.84. The van der Waals surface area contributed by atoms with Crippen molar-refractivity contribution in [1.29, 1.82) is 5.26 Å². The van der Waals surface area contributed by atoms with E-state index < -0.39 is 5.54 Å². The van der Waals surface area contributed by atoms with Crippen LogP contribution in [0.4, 0.5) is 0 Å². The highest BCUT2D eigenvalue weighted by Gasteiger charge is 2.25. The largest absolute Gasteiger partial charge is 0.330 e. The van der Waals surface area contributed by atoms with Crippen LogP contribution in [-0.2, 0) is 5.54 Å². The van der Waals surface area contributed by atoms with Gasteiger partial charge in [-0.2, -0.15) is 5.26 Å². The molecule has 0 bridgehead atoms. The number of nitrogens with zero attached hydrogens (tertiary/aromatic N) is 1. The van der Waals surface area contributed by atoms with Gasteiger partial charge in [0.05, 0.1) is 11.6 Å². The molecule has 0 spiro atoms. The third kappa shape index (κ3) is 2.80. The van der Waals surface area contributed by atoms with E-state index in [1.807, 2.05) is 12.1 Å². The first-order valence-electron chi connectivity index (χ1n) is 5.36. The van der Waals surface area contributed by atoms with Crippen molar-refractivity contribution in [2.24, 2.45) is 17.2 Å². The third-order valence-corrected chi connectivity index (χ3v) is 2.77. The van der Waals surface area contributed by atoms with Crippen molar-refractivity contribution in [3.05, 3.63) is 35.4 Å². The normalized spacial score (nSPS) is 11.1. The van der Waals surface area contributed by atoms with Gasteiger partial charge in [0.1, 0.15) is 0 Å². The maximum Gasteiger partial charge on any atom is 0.0991 e. The highest BCUT2D eigenvalue weighted by atomic mass is 14.8. The van der Waals surface area contributed by atoms with E-state index in [2.05, 4.69) is 6.07 Å². The molecule has 0 saturated heterocycles. The Balaban J connectivity index is 2.97. The first-order valence-corrected chi connectivity index (χ1v) is 5.36. The van der Waals surface area contributed by atoms with Gasteiger partial charge in [-0.3, -0.25) is 0 Å². The average molecular weight is 218 g/mol. The van der Waals surface area contributed by atoms with E-state index in [9.17, 15) is 0 Å². The second-order valence-electron chi connectivity index (χ2n) is 3.92. The van der Waals surface area contributed by atoms with Gasteiger partial charge in [-0.25, -0.2) is 0 Å². The summed E-state index contributed by atoms with van der Waals surface area (Å²) in [5, 5.41) is 8.72. The summed E-state index contributed by atoms with van der Waals surface area (Å²) in [6.45, 7) is 1.05. The molecule has 4 nitrogen and oxygen atoms in total. The number of hydrogen-bond acceptors (Lipinski definition) is 4.